The van der Waals surface area contributed by atoms with E-state index in [1.807, 2.05) is 6.92 Å². The van der Waals surface area contributed by atoms with Gasteiger partial charge in [0.1, 0.15) is 5.82 Å². The van der Waals surface area contributed by atoms with Gasteiger partial charge in [-0.2, -0.15) is 13.2 Å². The average Bonchev–Trinajstić information content (AvgIpc) is 2.29. The summed E-state index contributed by atoms with van der Waals surface area (Å²) in [5, 5.41) is -0.557. The number of rotatable bonds is 3. The Labute approximate surface area is 120 Å². The van der Waals surface area contributed by atoms with Gasteiger partial charge in [-0.15, -0.1) is 12.4 Å². The largest absolute Gasteiger partial charge is 0.416 e. The van der Waals surface area contributed by atoms with Crippen LogP contribution in [0, 0.1) is 11.7 Å². The average molecular weight is 320 g/mol. The van der Waals surface area contributed by atoms with Gasteiger partial charge in [-0.25, -0.2) is 4.39 Å². The van der Waals surface area contributed by atoms with E-state index in [-0.39, 0.29) is 23.9 Å². The minimum absolute atomic E-state index is 0. The highest BCUT2D eigenvalue weighted by molar-refractivity contribution is 6.30. The molecule has 1 rings (SSSR count). The molecule has 0 saturated carbocycles. The van der Waals surface area contributed by atoms with Crippen LogP contribution in [0.5, 0.6) is 0 Å². The minimum atomic E-state index is -4.57. The molecule has 2 N–H and O–H groups in total. The molecule has 7 heteroatoms. The van der Waals surface area contributed by atoms with Crippen molar-refractivity contribution < 1.29 is 17.6 Å². The normalized spacial score (nSPS) is 14.7. The highest BCUT2D eigenvalue weighted by Crippen LogP contribution is 2.36. The standard InChI is InChI=1S/C12H14ClF4N.ClH/c1-3-6(2)11(18)8-4-7(12(15,16)17)5-9(13)10(8)14;/h4-6,11H,3,18H2,1-2H3;1H/t6?,11-;/m1./s1. The van der Waals surface area contributed by atoms with Gasteiger partial charge in [0, 0.05) is 11.6 Å². The van der Waals surface area contributed by atoms with Gasteiger partial charge in [0.05, 0.1) is 10.6 Å². The molecule has 0 amide bonds. The summed E-state index contributed by atoms with van der Waals surface area (Å²) in [4.78, 5) is 0. The number of benzene rings is 1. The first-order chi connectivity index (χ1) is 8.18. The molecule has 0 fully saturated rings. The fourth-order valence-corrected chi connectivity index (χ4v) is 1.80. The van der Waals surface area contributed by atoms with Crippen LogP contribution in [0.25, 0.3) is 0 Å². The van der Waals surface area contributed by atoms with E-state index in [4.69, 9.17) is 17.3 Å². The van der Waals surface area contributed by atoms with Crippen LogP contribution >= 0.6 is 24.0 Å². The third-order valence-corrected chi connectivity index (χ3v) is 3.27. The second-order valence-corrected chi connectivity index (χ2v) is 4.68. The Hall–Kier alpha value is -0.520. The maximum absolute atomic E-state index is 13.7. The minimum Gasteiger partial charge on any atom is -0.324 e. The Kier molecular flexibility index (Phi) is 6.59. The molecule has 0 heterocycles. The number of nitrogens with two attached hydrogens (primary N) is 1. The van der Waals surface area contributed by atoms with E-state index >= 15 is 0 Å². The molecule has 0 spiro atoms. The van der Waals surface area contributed by atoms with E-state index in [0.29, 0.717) is 12.5 Å². The zero-order valence-corrected chi connectivity index (χ0v) is 12.0. The summed E-state index contributed by atoms with van der Waals surface area (Å²) in [6, 6.07) is 0.497. The Morgan fingerprint density at radius 2 is 1.84 bits per heavy atom. The molecule has 1 aromatic carbocycles. The van der Waals surface area contributed by atoms with E-state index in [0.717, 1.165) is 6.07 Å². The zero-order valence-electron chi connectivity index (χ0n) is 10.4. The van der Waals surface area contributed by atoms with Crippen molar-refractivity contribution in [2.45, 2.75) is 32.5 Å². The lowest BCUT2D eigenvalue weighted by molar-refractivity contribution is -0.137. The molecular weight excluding hydrogens is 305 g/mol. The van der Waals surface area contributed by atoms with Crippen LogP contribution in [0.2, 0.25) is 5.02 Å². The maximum Gasteiger partial charge on any atom is 0.416 e. The molecule has 1 nitrogen and oxygen atoms in total. The van der Waals surface area contributed by atoms with Gasteiger partial charge in [-0.3, -0.25) is 0 Å². The predicted molar refractivity (Wildman–Crippen MR) is 70.0 cm³/mol. The van der Waals surface area contributed by atoms with Crippen molar-refractivity contribution in [1.82, 2.24) is 0 Å². The van der Waals surface area contributed by atoms with Crippen molar-refractivity contribution in [3.63, 3.8) is 0 Å². The topological polar surface area (TPSA) is 26.0 Å². The molecule has 110 valence electrons. The molecule has 0 bridgehead atoms. The molecule has 0 aliphatic heterocycles. The zero-order chi connectivity index (χ0) is 14.1. The van der Waals surface area contributed by atoms with Crippen LogP contribution in [0.3, 0.4) is 0 Å². The molecule has 0 saturated heterocycles. The summed E-state index contributed by atoms with van der Waals surface area (Å²) in [5.74, 6) is -1.02. The van der Waals surface area contributed by atoms with Crippen molar-refractivity contribution in [2.75, 3.05) is 0 Å². The Balaban J connectivity index is 0.00000324. The van der Waals surface area contributed by atoms with Crippen molar-refractivity contribution in [3.05, 3.63) is 34.1 Å². The molecule has 0 aromatic heterocycles. The van der Waals surface area contributed by atoms with E-state index in [2.05, 4.69) is 0 Å². The molecule has 19 heavy (non-hydrogen) atoms. The second kappa shape index (κ2) is 6.77. The van der Waals surface area contributed by atoms with E-state index < -0.39 is 28.6 Å². The van der Waals surface area contributed by atoms with Gasteiger partial charge < -0.3 is 5.73 Å². The fourth-order valence-electron chi connectivity index (χ4n) is 1.58. The number of alkyl halides is 3. The second-order valence-electron chi connectivity index (χ2n) is 4.27. The molecule has 2 atom stereocenters. The molecule has 0 aliphatic rings. The van der Waals surface area contributed by atoms with Gasteiger partial charge >= 0.3 is 6.18 Å². The van der Waals surface area contributed by atoms with Crippen LogP contribution in [0.15, 0.2) is 12.1 Å². The molecule has 0 radical (unpaired) electrons. The lowest BCUT2D eigenvalue weighted by Crippen LogP contribution is -2.21. The van der Waals surface area contributed by atoms with Gasteiger partial charge in [-0.1, -0.05) is 31.9 Å². The summed E-state index contributed by atoms with van der Waals surface area (Å²) >= 11 is 5.49. The number of hydrogen-bond donors (Lipinski definition) is 1. The van der Waals surface area contributed by atoms with Crippen molar-refractivity contribution >= 4 is 24.0 Å². The van der Waals surface area contributed by atoms with Gasteiger partial charge in [0.15, 0.2) is 0 Å². The van der Waals surface area contributed by atoms with Crippen LogP contribution in [-0.2, 0) is 6.18 Å². The Morgan fingerprint density at radius 3 is 2.26 bits per heavy atom. The van der Waals surface area contributed by atoms with Crippen molar-refractivity contribution in [3.8, 4) is 0 Å². The van der Waals surface area contributed by atoms with Crippen LogP contribution < -0.4 is 5.73 Å². The van der Waals surface area contributed by atoms with Crippen molar-refractivity contribution in [1.29, 1.82) is 0 Å². The quantitative estimate of drug-likeness (QED) is 0.782. The number of hydrogen-bond acceptors (Lipinski definition) is 1. The summed E-state index contributed by atoms with van der Waals surface area (Å²) in [6.07, 6.45) is -3.93. The summed E-state index contributed by atoms with van der Waals surface area (Å²) in [7, 11) is 0. The third-order valence-electron chi connectivity index (χ3n) is 3.00. The highest BCUT2D eigenvalue weighted by Gasteiger charge is 2.33. The lowest BCUT2D eigenvalue weighted by Gasteiger charge is -2.21. The first-order valence-corrected chi connectivity index (χ1v) is 5.88. The van der Waals surface area contributed by atoms with Crippen LogP contribution in [0.4, 0.5) is 17.6 Å². The monoisotopic (exact) mass is 319 g/mol. The van der Waals surface area contributed by atoms with E-state index in [1.165, 1.54) is 0 Å². The van der Waals surface area contributed by atoms with Gasteiger partial charge in [0.2, 0.25) is 0 Å². The van der Waals surface area contributed by atoms with E-state index in [9.17, 15) is 17.6 Å². The summed E-state index contributed by atoms with van der Waals surface area (Å²) in [6.45, 7) is 3.58. The Morgan fingerprint density at radius 1 is 1.32 bits per heavy atom. The van der Waals surface area contributed by atoms with Crippen LogP contribution in [-0.4, -0.2) is 0 Å². The highest BCUT2D eigenvalue weighted by atomic mass is 35.5. The Bertz CT molecular complexity index is 434. The third kappa shape index (κ3) is 4.23. The lowest BCUT2D eigenvalue weighted by atomic mass is 9.92. The molecular formula is C12H15Cl2F4N. The molecule has 0 aliphatic carbocycles. The van der Waals surface area contributed by atoms with E-state index in [1.54, 1.807) is 6.92 Å². The van der Waals surface area contributed by atoms with Gasteiger partial charge in [-0.05, 0) is 18.1 Å². The SMILES string of the molecule is CCC(C)[C@@H](N)c1cc(C(F)(F)F)cc(Cl)c1F.Cl. The molecule has 1 aromatic rings. The first kappa shape index (κ1) is 18.5. The fraction of sp³-hybridized carbons (Fsp3) is 0.500. The molecule has 1 unspecified atom stereocenters. The summed E-state index contributed by atoms with van der Waals surface area (Å²) in [5.41, 5.74) is 4.59. The maximum atomic E-state index is 13.7. The number of halogens is 6. The summed E-state index contributed by atoms with van der Waals surface area (Å²) < 4.78 is 51.5. The van der Waals surface area contributed by atoms with Crippen molar-refractivity contribution in [2.24, 2.45) is 11.7 Å². The van der Waals surface area contributed by atoms with Gasteiger partial charge in [0.25, 0.3) is 0 Å². The first-order valence-electron chi connectivity index (χ1n) is 5.50. The predicted octanol–water partition coefficient (Wildman–Crippen LogP) is 4.97. The van der Waals surface area contributed by atoms with Crippen LogP contribution in [0.1, 0.15) is 37.4 Å². The smallest absolute Gasteiger partial charge is 0.324 e.